The first-order chi connectivity index (χ1) is 10.6. The first-order valence-corrected chi connectivity index (χ1v) is 9.82. The molecule has 1 aliphatic heterocycles. The molecule has 6 heteroatoms. The summed E-state index contributed by atoms with van der Waals surface area (Å²) >= 11 is 6.17. The lowest BCUT2D eigenvalue weighted by molar-refractivity contribution is 0.0795. The highest BCUT2D eigenvalue weighted by atomic mass is 35.5. The molecule has 0 N–H and O–H groups in total. The fraction of sp³-hybridized carbons (Fsp3) is 0.529. The molecule has 0 saturated heterocycles. The van der Waals surface area contributed by atoms with Crippen LogP contribution in [0.1, 0.15) is 66.8 Å². The van der Waals surface area contributed by atoms with Crippen molar-refractivity contribution in [3.05, 3.63) is 27.8 Å². The first kappa shape index (κ1) is 18.1. The van der Waals surface area contributed by atoms with E-state index in [0.717, 1.165) is 0 Å². The van der Waals surface area contributed by atoms with E-state index in [9.17, 15) is 18.0 Å². The topological polar surface area (TPSA) is 68.3 Å². The SMILES string of the molecule is CCc1c(C(C)=O)cc(Cl)c2c1C(=O)C(CC)(CC)CS2(=O)=O. The van der Waals surface area contributed by atoms with Gasteiger partial charge < -0.3 is 0 Å². The van der Waals surface area contributed by atoms with Crippen LogP contribution in [-0.2, 0) is 16.3 Å². The maximum absolute atomic E-state index is 13.2. The van der Waals surface area contributed by atoms with Gasteiger partial charge in [-0.15, -0.1) is 0 Å². The molecular weight excluding hydrogens is 336 g/mol. The number of fused-ring (bicyclic) bond motifs is 1. The molecule has 0 fully saturated rings. The van der Waals surface area contributed by atoms with Crippen LogP contribution in [0, 0.1) is 5.41 Å². The van der Waals surface area contributed by atoms with E-state index in [-0.39, 0.29) is 32.8 Å². The Kier molecular flexibility index (Phi) is 4.75. The highest BCUT2D eigenvalue weighted by Gasteiger charge is 2.48. The number of carbonyl (C=O) groups excluding carboxylic acids is 2. The van der Waals surface area contributed by atoms with E-state index < -0.39 is 15.3 Å². The Morgan fingerprint density at radius 2 is 1.83 bits per heavy atom. The van der Waals surface area contributed by atoms with Gasteiger partial charge in [0.25, 0.3) is 0 Å². The van der Waals surface area contributed by atoms with E-state index in [2.05, 4.69) is 0 Å². The van der Waals surface area contributed by atoms with Crippen molar-refractivity contribution in [1.29, 1.82) is 0 Å². The zero-order valence-corrected chi connectivity index (χ0v) is 15.4. The monoisotopic (exact) mass is 356 g/mol. The second-order valence-corrected chi connectivity index (χ2v) is 8.41. The Balaban J connectivity index is 2.98. The van der Waals surface area contributed by atoms with Crippen LogP contribution in [0.5, 0.6) is 0 Å². The van der Waals surface area contributed by atoms with E-state index >= 15 is 0 Å². The number of hydrogen-bond acceptors (Lipinski definition) is 4. The van der Waals surface area contributed by atoms with Gasteiger partial charge in [0.2, 0.25) is 0 Å². The van der Waals surface area contributed by atoms with Gasteiger partial charge in [-0.3, -0.25) is 9.59 Å². The Bertz CT molecular complexity index is 789. The third kappa shape index (κ3) is 2.64. The van der Waals surface area contributed by atoms with Crippen LogP contribution in [0.15, 0.2) is 11.0 Å². The number of halogens is 1. The smallest absolute Gasteiger partial charge is 0.181 e. The third-order valence-corrected chi connectivity index (χ3v) is 7.30. The fourth-order valence-corrected chi connectivity index (χ4v) is 6.29. The van der Waals surface area contributed by atoms with Gasteiger partial charge in [0, 0.05) is 16.5 Å². The van der Waals surface area contributed by atoms with E-state index in [4.69, 9.17) is 11.6 Å². The minimum absolute atomic E-state index is 0.0310. The average molecular weight is 357 g/mol. The standard InChI is InChI=1S/C17H21ClO4S/c1-5-11-12(10(4)19)8-13(18)15-14(11)16(20)17(6-2,7-3)9-23(15,21)22/h8H,5-7,9H2,1-4H3. The predicted molar refractivity (Wildman–Crippen MR) is 90.2 cm³/mol. The molecule has 0 aliphatic carbocycles. The van der Waals surface area contributed by atoms with Gasteiger partial charge >= 0.3 is 0 Å². The van der Waals surface area contributed by atoms with Crippen LogP contribution in [-0.4, -0.2) is 25.7 Å². The van der Waals surface area contributed by atoms with Crippen molar-refractivity contribution in [1.82, 2.24) is 0 Å². The predicted octanol–water partition coefficient (Wildman–Crippen LogP) is 3.88. The molecule has 0 aromatic heterocycles. The van der Waals surface area contributed by atoms with Gasteiger partial charge in [-0.1, -0.05) is 32.4 Å². The Hall–Kier alpha value is -1.20. The van der Waals surface area contributed by atoms with Gasteiger partial charge in [0.05, 0.1) is 15.7 Å². The van der Waals surface area contributed by atoms with Crippen LogP contribution < -0.4 is 0 Å². The number of ketones is 2. The lowest BCUT2D eigenvalue weighted by Gasteiger charge is -2.36. The van der Waals surface area contributed by atoms with Crippen molar-refractivity contribution < 1.29 is 18.0 Å². The van der Waals surface area contributed by atoms with Gasteiger partial charge in [-0.25, -0.2) is 8.42 Å². The lowest BCUT2D eigenvalue weighted by atomic mass is 9.75. The zero-order valence-electron chi connectivity index (χ0n) is 13.8. The van der Waals surface area contributed by atoms with Crippen molar-refractivity contribution >= 4 is 33.0 Å². The third-order valence-electron chi connectivity index (χ3n) is 4.91. The summed E-state index contributed by atoms with van der Waals surface area (Å²) in [5, 5.41) is -0.0310. The Morgan fingerprint density at radius 3 is 2.26 bits per heavy atom. The number of hydrogen-bond donors (Lipinski definition) is 0. The van der Waals surface area contributed by atoms with Crippen LogP contribution >= 0.6 is 11.6 Å². The van der Waals surface area contributed by atoms with Crippen LogP contribution in [0.25, 0.3) is 0 Å². The molecule has 0 amide bonds. The zero-order chi connectivity index (χ0) is 17.6. The van der Waals surface area contributed by atoms with Crippen molar-refractivity contribution in [3.63, 3.8) is 0 Å². The number of rotatable bonds is 4. The second-order valence-electron chi connectivity index (χ2n) is 6.07. The number of carbonyl (C=O) groups is 2. The molecule has 0 saturated carbocycles. The summed E-state index contributed by atoms with van der Waals surface area (Å²) in [5.74, 6) is -0.642. The molecule has 1 aliphatic rings. The highest BCUT2D eigenvalue weighted by molar-refractivity contribution is 7.91. The Labute approximate surface area is 142 Å². The average Bonchev–Trinajstić information content (AvgIpc) is 2.49. The van der Waals surface area contributed by atoms with Gasteiger partial charge in [0.1, 0.15) is 0 Å². The molecule has 0 spiro atoms. The molecule has 2 rings (SSSR count). The van der Waals surface area contributed by atoms with Crippen LogP contribution in [0.4, 0.5) is 0 Å². The van der Waals surface area contributed by atoms with Crippen LogP contribution in [0.3, 0.4) is 0 Å². The number of Topliss-reactive ketones (excluding diaryl/α,β-unsaturated/α-hetero) is 2. The molecule has 0 atom stereocenters. The molecule has 1 heterocycles. The lowest BCUT2D eigenvalue weighted by Crippen LogP contribution is -2.43. The quantitative estimate of drug-likeness (QED) is 0.767. The van der Waals surface area contributed by atoms with Crippen molar-refractivity contribution in [2.45, 2.75) is 51.9 Å². The maximum atomic E-state index is 13.2. The molecule has 126 valence electrons. The largest absolute Gasteiger partial charge is 0.294 e. The summed E-state index contributed by atoms with van der Waals surface area (Å²) in [5.41, 5.74) is 0.0357. The summed E-state index contributed by atoms with van der Waals surface area (Å²) in [4.78, 5) is 25.0. The Morgan fingerprint density at radius 1 is 1.26 bits per heavy atom. The van der Waals surface area contributed by atoms with E-state index in [1.165, 1.54) is 13.0 Å². The number of benzene rings is 1. The summed E-state index contributed by atoms with van der Waals surface area (Å²) in [6.45, 7) is 6.85. The molecule has 23 heavy (non-hydrogen) atoms. The minimum atomic E-state index is -3.68. The van der Waals surface area contributed by atoms with Gasteiger partial charge in [0.15, 0.2) is 21.4 Å². The summed E-state index contributed by atoms with van der Waals surface area (Å²) in [6, 6.07) is 1.39. The van der Waals surface area contributed by atoms with Crippen LogP contribution in [0.2, 0.25) is 5.02 Å². The molecule has 0 bridgehead atoms. The maximum Gasteiger partial charge on any atom is 0.181 e. The summed E-state index contributed by atoms with van der Waals surface area (Å²) in [6.07, 6.45) is 1.28. The normalized spacial score (nSPS) is 18.6. The van der Waals surface area contributed by atoms with Crippen molar-refractivity contribution in [3.8, 4) is 0 Å². The molecule has 0 radical (unpaired) electrons. The van der Waals surface area contributed by atoms with E-state index in [1.54, 1.807) is 0 Å². The van der Waals surface area contributed by atoms with Gasteiger partial charge in [-0.05, 0) is 37.8 Å². The summed E-state index contributed by atoms with van der Waals surface area (Å²) < 4.78 is 25.6. The summed E-state index contributed by atoms with van der Waals surface area (Å²) in [7, 11) is -3.68. The van der Waals surface area contributed by atoms with Gasteiger partial charge in [-0.2, -0.15) is 0 Å². The highest BCUT2D eigenvalue weighted by Crippen LogP contribution is 2.45. The molecule has 1 aromatic carbocycles. The molecule has 4 nitrogen and oxygen atoms in total. The van der Waals surface area contributed by atoms with Crippen molar-refractivity contribution in [2.75, 3.05) is 5.75 Å². The second kappa shape index (κ2) is 6.02. The molecule has 1 aromatic rings. The first-order valence-electron chi connectivity index (χ1n) is 7.79. The van der Waals surface area contributed by atoms with Crippen molar-refractivity contribution in [2.24, 2.45) is 5.41 Å². The molecule has 0 unspecified atom stereocenters. The number of sulfone groups is 1. The minimum Gasteiger partial charge on any atom is -0.294 e. The molecular formula is C17H21ClO4S. The fourth-order valence-electron chi connectivity index (χ4n) is 3.44. The van der Waals surface area contributed by atoms with E-state index in [1.807, 2.05) is 20.8 Å². The van der Waals surface area contributed by atoms with E-state index in [0.29, 0.717) is 30.4 Å².